The molecule has 4 heteroatoms. The smallest absolute Gasteiger partial charge is 0.0743 e. The van der Waals surface area contributed by atoms with Crippen molar-refractivity contribution in [3.05, 3.63) is 18.5 Å². The molecule has 0 radical (unpaired) electrons. The van der Waals surface area contributed by atoms with Crippen LogP contribution < -0.4 is 0 Å². The number of halogens is 2. The Morgan fingerprint density at radius 2 is 2.29 bits per heavy atom. The molecule has 0 amide bonds. The van der Waals surface area contributed by atoms with Gasteiger partial charge >= 0.3 is 0 Å². The van der Waals surface area contributed by atoms with Crippen molar-refractivity contribution >= 4 is 28.6 Å². The molecule has 0 aliphatic rings. The van der Waals surface area contributed by atoms with Crippen molar-refractivity contribution in [1.82, 2.24) is 8.81 Å². The van der Waals surface area contributed by atoms with Crippen LogP contribution in [-0.2, 0) is 0 Å². The maximum absolute atomic E-state index is 3.75. The molecule has 40 valence electrons. The zero-order valence-electron chi connectivity index (χ0n) is 3.41. The highest BCUT2D eigenvalue weighted by atomic mass is 79.9. The lowest BCUT2D eigenvalue weighted by Gasteiger charge is -1.72. The highest BCUT2D eigenvalue weighted by Gasteiger charge is 1.72. The van der Waals surface area contributed by atoms with E-state index in [1.807, 2.05) is 6.07 Å². The summed E-state index contributed by atoms with van der Waals surface area (Å²) in [6, 6.07) is 1.84. The molecule has 0 N–H and O–H groups in total. The molecule has 1 aromatic heterocycles. The van der Waals surface area contributed by atoms with Crippen molar-refractivity contribution in [3.8, 4) is 0 Å². The molecule has 1 rings (SSSR count). The predicted octanol–water partition coefficient (Wildman–Crippen LogP) is 1.46. The van der Waals surface area contributed by atoms with E-state index in [9.17, 15) is 0 Å². The molecule has 0 aromatic carbocycles. The van der Waals surface area contributed by atoms with Crippen molar-refractivity contribution in [3.63, 3.8) is 0 Å². The van der Waals surface area contributed by atoms with E-state index in [2.05, 4.69) is 21.2 Å². The molecule has 0 unspecified atom stereocenters. The van der Waals surface area contributed by atoms with Gasteiger partial charge in [-0.3, -0.25) is 0 Å². The Morgan fingerprint density at radius 3 is 2.43 bits per heavy atom. The van der Waals surface area contributed by atoms with Crippen molar-refractivity contribution in [2.75, 3.05) is 0 Å². The van der Waals surface area contributed by atoms with Crippen molar-refractivity contribution in [2.45, 2.75) is 0 Å². The fourth-order valence-electron chi connectivity index (χ4n) is 0.250. The Bertz CT molecular complexity index is 116. The Kier molecular flexibility index (Phi) is 3.04. The monoisotopic (exact) mass is 182 g/mol. The van der Waals surface area contributed by atoms with Gasteiger partial charge in [-0.25, -0.2) is 3.71 Å². The summed E-state index contributed by atoms with van der Waals surface area (Å²) in [6.45, 7) is 0. The average Bonchev–Trinajstić information content (AvgIpc) is 1.86. The molecule has 0 atom stereocenters. The molecule has 2 nitrogen and oxygen atoms in total. The number of rotatable bonds is 0. The lowest BCUT2D eigenvalue weighted by Crippen LogP contribution is -1.72. The third-order valence-electron chi connectivity index (χ3n) is 0.472. The van der Waals surface area contributed by atoms with E-state index in [0.717, 1.165) is 0 Å². The van der Waals surface area contributed by atoms with E-state index in [4.69, 9.17) is 0 Å². The molecule has 0 spiro atoms. The van der Waals surface area contributed by atoms with Crippen LogP contribution in [0.4, 0.5) is 0 Å². The fourth-order valence-corrected chi connectivity index (χ4v) is 0.492. The van der Waals surface area contributed by atoms with Crippen molar-refractivity contribution in [2.24, 2.45) is 0 Å². The largest absolute Gasteiger partial charge is 0.205 e. The number of hydrogen-bond donors (Lipinski definition) is 0. The lowest BCUT2D eigenvalue weighted by atomic mass is 10.8. The molecule has 0 aliphatic carbocycles. The quantitative estimate of drug-likeness (QED) is 0.595. The number of aromatic nitrogens is 2. The summed E-state index contributed by atoms with van der Waals surface area (Å²) in [4.78, 5) is 0. The summed E-state index contributed by atoms with van der Waals surface area (Å²) in [5.41, 5.74) is 0. The Balaban J connectivity index is 0.000000360. The number of nitrogens with zero attached hydrogens (tertiary/aromatic N) is 2. The molecule has 0 saturated carbocycles. The van der Waals surface area contributed by atoms with Crippen LogP contribution in [0.25, 0.3) is 0 Å². The van der Waals surface area contributed by atoms with E-state index in [1.54, 1.807) is 16.1 Å². The van der Waals surface area contributed by atoms with Crippen LogP contribution in [0.2, 0.25) is 0 Å². The van der Waals surface area contributed by atoms with Crippen molar-refractivity contribution in [1.29, 1.82) is 0 Å². The molecule has 0 fully saturated rings. The lowest BCUT2D eigenvalue weighted by molar-refractivity contribution is 1.03. The zero-order chi connectivity index (χ0) is 4.41. The SMILES string of the molecule is Brn1cccn1.Cl. The zero-order valence-corrected chi connectivity index (χ0v) is 5.82. The van der Waals surface area contributed by atoms with Crippen LogP contribution >= 0.6 is 28.6 Å². The third kappa shape index (κ3) is 1.94. The van der Waals surface area contributed by atoms with E-state index in [0.29, 0.717) is 0 Å². The van der Waals surface area contributed by atoms with Crippen LogP contribution in [0.5, 0.6) is 0 Å². The second-order valence-electron chi connectivity index (χ2n) is 0.895. The van der Waals surface area contributed by atoms with E-state index in [-0.39, 0.29) is 12.4 Å². The third-order valence-corrected chi connectivity index (χ3v) is 0.892. The van der Waals surface area contributed by atoms with E-state index in [1.165, 1.54) is 0 Å². The van der Waals surface area contributed by atoms with Crippen LogP contribution in [0.3, 0.4) is 0 Å². The first-order valence-corrected chi connectivity index (χ1v) is 2.26. The average molecular weight is 183 g/mol. The summed E-state index contributed by atoms with van der Waals surface area (Å²) < 4.78 is 1.56. The minimum Gasteiger partial charge on any atom is -0.205 e. The standard InChI is InChI=1S/C3H3BrN2.ClH/c4-6-3-1-2-5-6;/h1-3H;1H. The van der Waals surface area contributed by atoms with Gasteiger partial charge in [-0.2, -0.15) is 5.10 Å². The Labute approximate surface area is 56.3 Å². The van der Waals surface area contributed by atoms with Gasteiger partial charge in [-0.1, -0.05) is 0 Å². The second-order valence-corrected chi connectivity index (χ2v) is 1.62. The molecule has 7 heavy (non-hydrogen) atoms. The van der Waals surface area contributed by atoms with Crippen LogP contribution in [0, 0.1) is 0 Å². The summed E-state index contributed by atoms with van der Waals surface area (Å²) >= 11 is 3.09. The molecule has 1 heterocycles. The summed E-state index contributed by atoms with van der Waals surface area (Å²) in [5, 5.41) is 3.75. The Hall–Kier alpha value is -0.0200. The number of hydrogen-bond acceptors (Lipinski definition) is 1. The van der Waals surface area contributed by atoms with Crippen molar-refractivity contribution < 1.29 is 0 Å². The van der Waals surface area contributed by atoms with Gasteiger partial charge in [0.2, 0.25) is 0 Å². The first kappa shape index (κ1) is 6.98. The second kappa shape index (κ2) is 3.04. The van der Waals surface area contributed by atoms with Gasteiger partial charge in [0.1, 0.15) is 0 Å². The summed E-state index contributed by atoms with van der Waals surface area (Å²) in [6.07, 6.45) is 3.51. The first-order valence-electron chi connectivity index (χ1n) is 1.55. The molecule has 0 saturated heterocycles. The minimum absolute atomic E-state index is 0. The summed E-state index contributed by atoms with van der Waals surface area (Å²) in [7, 11) is 0. The highest BCUT2D eigenvalue weighted by molar-refractivity contribution is 9.08. The van der Waals surface area contributed by atoms with Crippen LogP contribution in [0.1, 0.15) is 0 Å². The van der Waals surface area contributed by atoms with Crippen LogP contribution in [0.15, 0.2) is 18.5 Å². The van der Waals surface area contributed by atoms with Gasteiger partial charge < -0.3 is 0 Å². The van der Waals surface area contributed by atoms with E-state index >= 15 is 0 Å². The molecular weight excluding hydrogens is 179 g/mol. The summed E-state index contributed by atoms with van der Waals surface area (Å²) in [5.74, 6) is 0. The van der Waals surface area contributed by atoms with Gasteiger partial charge in [-0.05, 0) is 6.07 Å². The van der Waals surface area contributed by atoms with Gasteiger partial charge in [0, 0.05) is 12.4 Å². The van der Waals surface area contributed by atoms with Crippen LogP contribution in [-0.4, -0.2) is 8.81 Å². The molecule has 1 aromatic rings. The van der Waals surface area contributed by atoms with Gasteiger partial charge in [0.15, 0.2) is 0 Å². The minimum atomic E-state index is 0. The normalized spacial score (nSPS) is 7.57. The van der Waals surface area contributed by atoms with Gasteiger partial charge in [0.25, 0.3) is 0 Å². The maximum atomic E-state index is 3.75. The van der Waals surface area contributed by atoms with E-state index < -0.39 is 0 Å². The molecule has 0 bridgehead atoms. The topological polar surface area (TPSA) is 17.8 Å². The molecular formula is C3H4BrClN2. The molecule has 0 aliphatic heterocycles. The van der Waals surface area contributed by atoms with Gasteiger partial charge in [-0.15, -0.1) is 12.4 Å². The first-order chi connectivity index (χ1) is 2.89. The predicted molar refractivity (Wildman–Crippen MR) is 33.8 cm³/mol. The van der Waals surface area contributed by atoms with Gasteiger partial charge in [0.05, 0.1) is 16.1 Å². The fraction of sp³-hybridized carbons (Fsp3) is 0. The highest BCUT2D eigenvalue weighted by Crippen LogP contribution is 1.85. The Morgan fingerprint density at radius 1 is 1.57 bits per heavy atom. The maximum Gasteiger partial charge on any atom is 0.0743 e.